The quantitative estimate of drug-likeness (QED) is 0.304. The molecule has 7 heteroatoms. The standard InChI is InChI=1S/C23H35N5S.HI/c1-19(15-22-5-4-14-29-22)16-25-23(24-2)26-17-20-6-8-21(9-7-20)18-28-12-10-27(3)11-13-28;/h4-9,14,19H,10-13,15-18H2,1-3H3,(H2,24,25,26);1H. The molecule has 1 aromatic carbocycles. The zero-order chi connectivity index (χ0) is 20.5. The van der Waals surface area contributed by atoms with Crippen LogP contribution in [0.25, 0.3) is 0 Å². The summed E-state index contributed by atoms with van der Waals surface area (Å²) >= 11 is 1.83. The molecule has 2 heterocycles. The van der Waals surface area contributed by atoms with E-state index in [1.165, 1.54) is 29.1 Å². The summed E-state index contributed by atoms with van der Waals surface area (Å²) in [6.07, 6.45) is 1.11. The van der Waals surface area contributed by atoms with Gasteiger partial charge in [0, 0.05) is 57.7 Å². The topological polar surface area (TPSA) is 42.9 Å². The lowest BCUT2D eigenvalue weighted by atomic mass is 10.1. The molecule has 166 valence electrons. The average Bonchev–Trinajstić information content (AvgIpc) is 3.24. The second-order valence-corrected chi connectivity index (χ2v) is 9.12. The summed E-state index contributed by atoms with van der Waals surface area (Å²) in [6, 6.07) is 13.3. The number of hydrogen-bond acceptors (Lipinski definition) is 4. The fourth-order valence-electron chi connectivity index (χ4n) is 3.55. The minimum atomic E-state index is 0. The molecule has 1 fully saturated rings. The third-order valence-corrected chi connectivity index (χ3v) is 6.36. The van der Waals surface area contributed by atoms with Gasteiger partial charge in [0.2, 0.25) is 0 Å². The van der Waals surface area contributed by atoms with Crippen molar-refractivity contribution in [2.75, 3.05) is 46.8 Å². The van der Waals surface area contributed by atoms with Gasteiger partial charge in [0.05, 0.1) is 0 Å². The number of piperazine rings is 1. The minimum absolute atomic E-state index is 0. The first-order valence-corrected chi connectivity index (χ1v) is 11.5. The minimum Gasteiger partial charge on any atom is -0.356 e. The van der Waals surface area contributed by atoms with E-state index >= 15 is 0 Å². The number of likely N-dealkylation sites (N-methyl/N-ethyl adjacent to an activating group) is 1. The van der Waals surface area contributed by atoms with E-state index in [0.29, 0.717) is 5.92 Å². The Balaban J connectivity index is 0.00000320. The van der Waals surface area contributed by atoms with Crippen molar-refractivity contribution in [2.24, 2.45) is 10.9 Å². The lowest BCUT2D eigenvalue weighted by Gasteiger charge is -2.32. The van der Waals surface area contributed by atoms with Gasteiger partial charge in [-0.25, -0.2) is 0 Å². The average molecular weight is 542 g/mol. The summed E-state index contributed by atoms with van der Waals surface area (Å²) in [6.45, 7) is 9.68. The third kappa shape index (κ3) is 8.53. The highest BCUT2D eigenvalue weighted by molar-refractivity contribution is 14.0. The summed E-state index contributed by atoms with van der Waals surface area (Å²) in [5.41, 5.74) is 2.67. The number of nitrogens with zero attached hydrogens (tertiary/aromatic N) is 3. The van der Waals surface area contributed by atoms with Gasteiger partial charge in [0.1, 0.15) is 0 Å². The van der Waals surface area contributed by atoms with Gasteiger partial charge in [0.15, 0.2) is 5.96 Å². The van der Waals surface area contributed by atoms with Gasteiger partial charge in [-0.15, -0.1) is 35.3 Å². The van der Waals surface area contributed by atoms with Crippen molar-refractivity contribution in [3.05, 3.63) is 57.8 Å². The highest BCUT2D eigenvalue weighted by Crippen LogP contribution is 2.14. The van der Waals surface area contributed by atoms with Crippen LogP contribution in [-0.2, 0) is 19.5 Å². The third-order valence-electron chi connectivity index (χ3n) is 5.46. The Hall–Kier alpha value is -1.16. The van der Waals surface area contributed by atoms with Crippen molar-refractivity contribution < 1.29 is 0 Å². The molecule has 0 amide bonds. The second kappa shape index (κ2) is 13.3. The Bertz CT molecular complexity index is 739. The van der Waals surface area contributed by atoms with Crippen LogP contribution in [0.5, 0.6) is 0 Å². The van der Waals surface area contributed by atoms with Crippen molar-refractivity contribution in [3.63, 3.8) is 0 Å². The Morgan fingerprint density at radius 3 is 2.40 bits per heavy atom. The number of halogens is 1. The summed E-state index contributed by atoms with van der Waals surface area (Å²) in [5.74, 6) is 1.44. The van der Waals surface area contributed by atoms with Crippen LogP contribution in [0.2, 0.25) is 0 Å². The number of hydrogen-bond donors (Lipinski definition) is 2. The number of guanidine groups is 1. The molecule has 3 rings (SSSR count). The Morgan fingerprint density at radius 2 is 1.77 bits per heavy atom. The van der Waals surface area contributed by atoms with Crippen molar-refractivity contribution in [2.45, 2.75) is 26.4 Å². The molecule has 1 aromatic heterocycles. The van der Waals surface area contributed by atoms with Gasteiger partial charge in [-0.3, -0.25) is 9.89 Å². The van der Waals surface area contributed by atoms with Crippen LogP contribution in [0.1, 0.15) is 22.9 Å². The van der Waals surface area contributed by atoms with E-state index in [2.05, 4.69) is 81.2 Å². The van der Waals surface area contributed by atoms with E-state index in [4.69, 9.17) is 0 Å². The van der Waals surface area contributed by atoms with Crippen LogP contribution in [0, 0.1) is 5.92 Å². The number of benzene rings is 1. The first-order chi connectivity index (χ1) is 14.1. The molecule has 1 aliphatic heterocycles. The maximum atomic E-state index is 4.36. The zero-order valence-corrected chi connectivity index (χ0v) is 21.6. The molecular weight excluding hydrogens is 505 g/mol. The second-order valence-electron chi connectivity index (χ2n) is 8.09. The Morgan fingerprint density at radius 1 is 1.07 bits per heavy atom. The molecule has 30 heavy (non-hydrogen) atoms. The van der Waals surface area contributed by atoms with Gasteiger partial charge >= 0.3 is 0 Å². The van der Waals surface area contributed by atoms with E-state index in [9.17, 15) is 0 Å². The van der Waals surface area contributed by atoms with Crippen LogP contribution >= 0.6 is 35.3 Å². The van der Waals surface area contributed by atoms with Crippen molar-refractivity contribution in [3.8, 4) is 0 Å². The van der Waals surface area contributed by atoms with Crippen LogP contribution in [-0.4, -0.2) is 62.6 Å². The van der Waals surface area contributed by atoms with Crippen LogP contribution in [0.15, 0.2) is 46.8 Å². The normalized spacial score (nSPS) is 16.7. The van der Waals surface area contributed by atoms with Crippen molar-refractivity contribution >= 4 is 41.3 Å². The molecule has 5 nitrogen and oxygen atoms in total. The molecule has 0 radical (unpaired) electrons. The molecule has 1 aliphatic rings. The van der Waals surface area contributed by atoms with E-state index in [-0.39, 0.29) is 24.0 Å². The van der Waals surface area contributed by atoms with E-state index < -0.39 is 0 Å². The molecular formula is C23H36IN5S. The van der Waals surface area contributed by atoms with Gasteiger partial charge < -0.3 is 15.5 Å². The van der Waals surface area contributed by atoms with Crippen molar-refractivity contribution in [1.29, 1.82) is 0 Å². The van der Waals surface area contributed by atoms with Crippen LogP contribution in [0.3, 0.4) is 0 Å². The Kier molecular flexibility index (Phi) is 11.1. The molecule has 2 N–H and O–H groups in total. The predicted molar refractivity (Wildman–Crippen MR) is 140 cm³/mol. The molecule has 1 saturated heterocycles. The molecule has 1 unspecified atom stereocenters. The first-order valence-electron chi connectivity index (χ1n) is 10.6. The Labute approximate surface area is 203 Å². The highest BCUT2D eigenvalue weighted by Gasteiger charge is 2.13. The molecule has 0 bridgehead atoms. The van der Waals surface area contributed by atoms with Gasteiger partial charge in [-0.2, -0.15) is 0 Å². The van der Waals surface area contributed by atoms with Crippen LogP contribution < -0.4 is 10.6 Å². The van der Waals surface area contributed by atoms with Crippen LogP contribution in [0.4, 0.5) is 0 Å². The maximum Gasteiger partial charge on any atom is 0.191 e. The smallest absolute Gasteiger partial charge is 0.191 e. The first kappa shape index (κ1) is 25.1. The zero-order valence-electron chi connectivity index (χ0n) is 18.4. The van der Waals surface area contributed by atoms with Gasteiger partial charge in [-0.05, 0) is 42.0 Å². The lowest BCUT2D eigenvalue weighted by Crippen LogP contribution is -2.43. The molecule has 1 atom stereocenters. The predicted octanol–water partition coefficient (Wildman–Crippen LogP) is 3.66. The number of rotatable bonds is 8. The summed E-state index contributed by atoms with van der Waals surface area (Å²) in [5, 5.41) is 9.03. The van der Waals surface area contributed by atoms with Gasteiger partial charge in [0.25, 0.3) is 0 Å². The SMILES string of the molecule is CN=C(NCc1ccc(CN2CCN(C)CC2)cc1)NCC(C)Cc1cccs1.I. The largest absolute Gasteiger partial charge is 0.356 e. The summed E-state index contributed by atoms with van der Waals surface area (Å²) < 4.78 is 0. The van der Waals surface area contributed by atoms with Crippen molar-refractivity contribution in [1.82, 2.24) is 20.4 Å². The van der Waals surface area contributed by atoms with E-state index in [1.54, 1.807) is 0 Å². The van der Waals surface area contributed by atoms with E-state index in [0.717, 1.165) is 45.1 Å². The lowest BCUT2D eigenvalue weighted by molar-refractivity contribution is 0.148. The number of nitrogens with one attached hydrogen (secondary N) is 2. The summed E-state index contributed by atoms with van der Waals surface area (Å²) in [4.78, 5) is 10.7. The fraction of sp³-hybridized carbons (Fsp3) is 0.522. The highest BCUT2D eigenvalue weighted by atomic mass is 127. The molecule has 2 aromatic rings. The number of aliphatic imine (C=N–C) groups is 1. The monoisotopic (exact) mass is 541 g/mol. The van der Waals surface area contributed by atoms with E-state index in [1.807, 2.05) is 18.4 Å². The van der Waals surface area contributed by atoms with Gasteiger partial charge in [-0.1, -0.05) is 37.3 Å². The molecule has 0 spiro atoms. The molecule has 0 saturated carbocycles. The number of thiophene rings is 1. The molecule has 0 aliphatic carbocycles. The summed E-state index contributed by atoms with van der Waals surface area (Å²) in [7, 11) is 4.03. The fourth-order valence-corrected chi connectivity index (χ4v) is 4.42. The maximum absolute atomic E-state index is 4.36.